The molecule has 1 aliphatic rings. The summed E-state index contributed by atoms with van der Waals surface area (Å²) in [7, 11) is 0. The summed E-state index contributed by atoms with van der Waals surface area (Å²) in [6.45, 7) is 2.42. The minimum absolute atomic E-state index is 0.239. The summed E-state index contributed by atoms with van der Waals surface area (Å²) < 4.78 is 41.9. The monoisotopic (exact) mass is 307 g/mol. The predicted octanol–water partition coefficient (Wildman–Crippen LogP) is 2.89. The van der Waals surface area contributed by atoms with Crippen LogP contribution in [0.4, 0.5) is 13.2 Å². The Kier molecular flexibility index (Phi) is 4.71. The lowest BCUT2D eigenvalue weighted by Crippen LogP contribution is -2.40. The van der Waals surface area contributed by atoms with Crippen molar-refractivity contribution in [1.29, 1.82) is 0 Å². The Hall–Kier alpha value is -1.48. The number of hydrogen-bond donors (Lipinski definition) is 0. The molecule has 0 unspecified atom stereocenters. The maximum atomic E-state index is 12.0. The predicted molar refractivity (Wildman–Crippen MR) is 67.9 cm³/mol. The number of nitroso groups, excluding NO2 is 1. The van der Waals surface area contributed by atoms with Gasteiger partial charge in [0.2, 0.25) is 0 Å². The van der Waals surface area contributed by atoms with Gasteiger partial charge in [-0.2, -0.15) is 0 Å². The molecule has 1 heterocycles. The van der Waals surface area contributed by atoms with Crippen molar-refractivity contribution in [3.63, 3.8) is 0 Å². The van der Waals surface area contributed by atoms with Crippen molar-refractivity contribution in [1.82, 2.24) is 9.31 Å². The van der Waals surface area contributed by atoms with E-state index in [1.807, 2.05) is 4.31 Å². The number of benzene rings is 1. The van der Waals surface area contributed by atoms with Gasteiger partial charge in [-0.25, -0.2) is 4.31 Å². The third kappa shape index (κ3) is 4.57. The lowest BCUT2D eigenvalue weighted by Gasteiger charge is -2.30. The summed E-state index contributed by atoms with van der Waals surface area (Å²) in [5.74, 6) is -0.239. The van der Waals surface area contributed by atoms with Crippen molar-refractivity contribution in [2.45, 2.75) is 11.3 Å². The van der Waals surface area contributed by atoms with Crippen LogP contribution in [0.1, 0.15) is 0 Å². The molecule has 20 heavy (non-hydrogen) atoms. The van der Waals surface area contributed by atoms with E-state index in [1.54, 1.807) is 12.1 Å². The topological polar surface area (TPSA) is 45.1 Å². The molecule has 0 spiro atoms. The molecule has 2 rings (SSSR count). The number of ether oxygens (including phenoxy) is 1. The summed E-state index contributed by atoms with van der Waals surface area (Å²) in [4.78, 5) is 11.1. The van der Waals surface area contributed by atoms with Crippen molar-refractivity contribution < 1.29 is 17.9 Å². The highest BCUT2D eigenvalue weighted by atomic mass is 32.2. The standard InChI is InChI=1S/C11H12F3N3O2S/c12-11(13,14)19-9-1-3-10(4-2-9)20-17-7-5-16(15-18)6-8-17/h1-4H,5-8H2. The fourth-order valence-corrected chi connectivity index (χ4v) is 2.60. The van der Waals surface area contributed by atoms with E-state index in [-0.39, 0.29) is 5.75 Å². The number of halogens is 3. The van der Waals surface area contributed by atoms with Gasteiger partial charge in [0, 0.05) is 18.0 Å². The molecular formula is C11H12F3N3O2S. The summed E-state index contributed by atoms with van der Waals surface area (Å²) >= 11 is 1.43. The normalized spacial score (nSPS) is 17.1. The van der Waals surface area contributed by atoms with Crippen molar-refractivity contribution >= 4 is 11.9 Å². The highest BCUT2D eigenvalue weighted by molar-refractivity contribution is 7.97. The van der Waals surface area contributed by atoms with Gasteiger partial charge in [0.05, 0.1) is 18.4 Å². The minimum atomic E-state index is -4.67. The molecule has 1 fully saturated rings. The van der Waals surface area contributed by atoms with Crippen LogP contribution in [0.2, 0.25) is 0 Å². The van der Waals surface area contributed by atoms with Gasteiger partial charge >= 0.3 is 6.36 Å². The van der Waals surface area contributed by atoms with E-state index in [4.69, 9.17) is 0 Å². The Morgan fingerprint density at radius 3 is 2.20 bits per heavy atom. The Balaban J connectivity index is 1.86. The van der Waals surface area contributed by atoms with Crippen LogP contribution in [0.15, 0.2) is 34.4 Å². The number of rotatable bonds is 4. The van der Waals surface area contributed by atoms with Gasteiger partial charge in [-0.1, -0.05) is 0 Å². The van der Waals surface area contributed by atoms with Gasteiger partial charge in [0.25, 0.3) is 0 Å². The first-order chi connectivity index (χ1) is 9.46. The van der Waals surface area contributed by atoms with E-state index in [0.717, 1.165) is 4.90 Å². The molecule has 0 amide bonds. The van der Waals surface area contributed by atoms with Crippen LogP contribution in [-0.4, -0.2) is 41.9 Å². The Morgan fingerprint density at radius 1 is 1.10 bits per heavy atom. The molecule has 0 atom stereocenters. The molecule has 0 aliphatic carbocycles. The van der Waals surface area contributed by atoms with Crippen molar-refractivity contribution in [3.8, 4) is 5.75 Å². The first-order valence-corrected chi connectivity index (χ1v) is 6.60. The molecule has 0 saturated carbocycles. The second-order valence-electron chi connectivity index (χ2n) is 4.07. The van der Waals surface area contributed by atoms with Crippen LogP contribution >= 0.6 is 11.9 Å². The quantitative estimate of drug-likeness (QED) is 0.632. The first kappa shape index (κ1) is 14.9. The van der Waals surface area contributed by atoms with Crippen LogP contribution in [0.3, 0.4) is 0 Å². The minimum Gasteiger partial charge on any atom is -0.406 e. The molecule has 1 aromatic carbocycles. The number of hydrogen-bond acceptors (Lipinski definition) is 5. The van der Waals surface area contributed by atoms with E-state index >= 15 is 0 Å². The van der Waals surface area contributed by atoms with Crippen LogP contribution < -0.4 is 4.74 Å². The second-order valence-corrected chi connectivity index (χ2v) is 5.25. The lowest BCUT2D eigenvalue weighted by molar-refractivity contribution is -0.274. The van der Waals surface area contributed by atoms with E-state index in [0.29, 0.717) is 26.2 Å². The molecule has 9 heteroatoms. The largest absolute Gasteiger partial charge is 0.573 e. The summed E-state index contributed by atoms with van der Waals surface area (Å²) in [6, 6.07) is 5.68. The molecule has 1 saturated heterocycles. The molecule has 110 valence electrons. The van der Waals surface area contributed by atoms with Gasteiger partial charge < -0.3 is 4.74 Å². The van der Waals surface area contributed by atoms with Gasteiger partial charge in [0.1, 0.15) is 5.75 Å². The third-order valence-corrected chi connectivity index (χ3v) is 3.73. The van der Waals surface area contributed by atoms with Gasteiger partial charge in [-0.3, -0.25) is 5.01 Å². The van der Waals surface area contributed by atoms with Crippen LogP contribution in [0, 0.1) is 4.91 Å². The molecule has 0 bridgehead atoms. The highest BCUT2D eigenvalue weighted by Gasteiger charge is 2.31. The van der Waals surface area contributed by atoms with Crippen LogP contribution in [-0.2, 0) is 0 Å². The van der Waals surface area contributed by atoms with Crippen molar-refractivity contribution in [2.24, 2.45) is 5.29 Å². The molecule has 1 aromatic rings. The number of nitrogens with zero attached hydrogens (tertiary/aromatic N) is 3. The molecular weight excluding hydrogens is 295 g/mol. The van der Waals surface area contributed by atoms with Gasteiger partial charge in [-0.15, -0.1) is 18.1 Å². The Morgan fingerprint density at radius 2 is 1.70 bits per heavy atom. The van der Waals surface area contributed by atoms with Crippen molar-refractivity contribution in [2.75, 3.05) is 26.2 Å². The Bertz CT molecular complexity index is 447. The van der Waals surface area contributed by atoms with Gasteiger partial charge in [-0.05, 0) is 36.2 Å². The number of alkyl halides is 3. The molecule has 0 N–H and O–H groups in total. The summed E-state index contributed by atoms with van der Waals surface area (Å²) in [5, 5.41) is 4.30. The average molecular weight is 307 g/mol. The van der Waals surface area contributed by atoms with E-state index in [1.165, 1.54) is 29.1 Å². The zero-order valence-electron chi connectivity index (χ0n) is 10.3. The number of piperazine rings is 1. The smallest absolute Gasteiger partial charge is 0.406 e. The molecule has 0 radical (unpaired) electrons. The third-order valence-electron chi connectivity index (χ3n) is 2.62. The lowest BCUT2D eigenvalue weighted by atomic mass is 10.3. The zero-order valence-corrected chi connectivity index (χ0v) is 11.2. The molecule has 1 aliphatic heterocycles. The summed E-state index contributed by atoms with van der Waals surface area (Å²) in [6.07, 6.45) is -4.67. The van der Waals surface area contributed by atoms with Crippen molar-refractivity contribution in [3.05, 3.63) is 29.2 Å². The zero-order chi connectivity index (χ0) is 14.6. The van der Waals surface area contributed by atoms with E-state index in [9.17, 15) is 18.1 Å². The fourth-order valence-electron chi connectivity index (χ4n) is 1.70. The van der Waals surface area contributed by atoms with E-state index < -0.39 is 6.36 Å². The van der Waals surface area contributed by atoms with Gasteiger partial charge in [0.15, 0.2) is 0 Å². The first-order valence-electron chi connectivity index (χ1n) is 5.83. The average Bonchev–Trinajstić information content (AvgIpc) is 2.40. The Labute approximate surface area is 117 Å². The maximum absolute atomic E-state index is 12.0. The fraction of sp³-hybridized carbons (Fsp3) is 0.455. The summed E-state index contributed by atoms with van der Waals surface area (Å²) in [5.41, 5.74) is 0. The van der Waals surface area contributed by atoms with Crippen LogP contribution in [0.25, 0.3) is 0 Å². The SMILES string of the molecule is O=NN1CCN(Sc2ccc(OC(F)(F)F)cc2)CC1. The maximum Gasteiger partial charge on any atom is 0.573 e. The highest BCUT2D eigenvalue weighted by Crippen LogP contribution is 2.28. The molecule has 0 aromatic heterocycles. The van der Waals surface area contributed by atoms with Crippen LogP contribution in [0.5, 0.6) is 5.75 Å². The van der Waals surface area contributed by atoms with E-state index in [2.05, 4.69) is 10.0 Å². The second kappa shape index (κ2) is 6.31. The molecule has 5 nitrogen and oxygen atoms in total.